The molecule has 10 rings (SSSR count). The highest BCUT2D eigenvalue weighted by atomic mass is 32.1. The number of anilines is 3. The van der Waals surface area contributed by atoms with Crippen molar-refractivity contribution in [2.45, 2.75) is 19.3 Å². The van der Waals surface area contributed by atoms with Gasteiger partial charge in [-0.2, -0.15) is 0 Å². The van der Waals surface area contributed by atoms with Crippen molar-refractivity contribution in [2.24, 2.45) is 0 Å². The molecule has 0 unspecified atom stereocenters. The van der Waals surface area contributed by atoms with Crippen LogP contribution in [0.2, 0.25) is 0 Å². The molecule has 1 nitrogen and oxygen atoms in total. The fourth-order valence-corrected chi connectivity index (χ4v) is 9.46. The molecule has 0 fully saturated rings. The van der Waals surface area contributed by atoms with Crippen LogP contribution in [0.15, 0.2) is 188 Å². The van der Waals surface area contributed by atoms with Gasteiger partial charge in [-0.15, -0.1) is 11.3 Å². The standard InChI is InChI=1S/C51H37NS/c1-51(2)47-17-8-6-15-43(47)46-32-38(24-30-48(46)51)35-19-25-40(26-20-35)52(42-14-10-13-37(31-42)34-11-4-3-5-12-34)41-27-21-36(22-28-41)39-23-29-45-44-16-7-9-18-49(44)53-50(45)33-39/h3-33H,1-2H3. The highest BCUT2D eigenvalue weighted by Crippen LogP contribution is 2.49. The van der Waals surface area contributed by atoms with Crippen LogP contribution in [-0.2, 0) is 5.41 Å². The second kappa shape index (κ2) is 12.5. The molecule has 0 amide bonds. The van der Waals surface area contributed by atoms with E-state index in [0.29, 0.717) is 0 Å². The smallest absolute Gasteiger partial charge is 0.0467 e. The van der Waals surface area contributed by atoms with Gasteiger partial charge in [0.15, 0.2) is 0 Å². The summed E-state index contributed by atoms with van der Waals surface area (Å²) in [6.07, 6.45) is 0. The number of hydrogen-bond donors (Lipinski definition) is 0. The van der Waals surface area contributed by atoms with Gasteiger partial charge in [-0.1, -0.05) is 147 Å². The van der Waals surface area contributed by atoms with Crippen molar-refractivity contribution >= 4 is 48.6 Å². The van der Waals surface area contributed by atoms with Gasteiger partial charge in [0.2, 0.25) is 0 Å². The zero-order valence-corrected chi connectivity index (χ0v) is 30.6. The number of rotatable bonds is 6. The lowest BCUT2D eigenvalue weighted by Crippen LogP contribution is -2.14. The molecule has 0 atom stereocenters. The van der Waals surface area contributed by atoms with Gasteiger partial charge in [0.1, 0.15) is 0 Å². The van der Waals surface area contributed by atoms with Gasteiger partial charge in [-0.3, -0.25) is 0 Å². The minimum atomic E-state index is 0.00398. The third kappa shape index (κ3) is 5.37. The van der Waals surface area contributed by atoms with Gasteiger partial charge < -0.3 is 4.90 Å². The molecule has 1 aliphatic rings. The monoisotopic (exact) mass is 695 g/mol. The predicted octanol–water partition coefficient (Wildman–Crippen LogP) is 14.8. The molecule has 0 spiro atoms. The number of nitrogens with zero attached hydrogens (tertiary/aromatic N) is 1. The third-order valence-electron chi connectivity index (χ3n) is 11.1. The first-order chi connectivity index (χ1) is 26.0. The van der Waals surface area contributed by atoms with Crippen LogP contribution in [0.4, 0.5) is 17.1 Å². The lowest BCUT2D eigenvalue weighted by molar-refractivity contribution is 0.660. The minimum Gasteiger partial charge on any atom is -0.310 e. The molecule has 8 aromatic carbocycles. The number of thiophene rings is 1. The van der Waals surface area contributed by atoms with Crippen LogP contribution >= 0.6 is 11.3 Å². The maximum absolute atomic E-state index is 2.38. The Labute approximate surface area is 315 Å². The Morgan fingerprint density at radius 1 is 0.358 bits per heavy atom. The Hall–Kier alpha value is -6.22. The van der Waals surface area contributed by atoms with Crippen LogP contribution in [0.25, 0.3) is 64.7 Å². The zero-order valence-electron chi connectivity index (χ0n) is 29.8. The highest BCUT2D eigenvalue weighted by molar-refractivity contribution is 7.25. The van der Waals surface area contributed by atoms with E-state index in [2.05, 4.69) is 207 Å². The van der Waals surface area contributed by atoms with Crippen molar-refractivity contribution in [3.8, 4) is 44.5 Å². The Bertz CT molecular complexity index is 2790. The summed E-state index contributed by atoms with van der Waals surface area (Å²) < 4.78 is 2.66. The van der Waals surface area contributed by atoms with E-state index in [4.69, 9.17) is 0 Å². The molecule has 0 aliphatic heterocycles. The van der Waals surface area contributed by atoms with Gasteiger partial charge in [0, 0.05) is 42.6 Å². The first-order valence-corrected chi connectivity index (χ1v) is 19.2. The quantitative estimate of drug-likeness (QED) is 0.167. The molecular weight excluding hydrogens is 659 g/mol. The van der Waals surface area contributed by atoms with Crippen molar-refractivity contribution in [3.05, 3.63) is 199 Å². The van der Waals surface area contributed by atoms with Gasteiger partial charge in [-0.25, -0.2) is 0 Å². The molecule has 1 aromatic heterocycles. The molecule has 9 aromatic rings. The number of hydrogen-bond acceptors (Lipinski definition) is 2. The summed E-state index contributed by atoms with van der Waals surface area (Å²) in [4.78, 5) is 2.37. The van der Waals surface area contributed by atoms with Crippen LogP contribution in [0, 0.1) is 0 Å². The summed E-state index contributed by atoms with van der Waals surface area (Å²) in [5.41, 5.74) is 16.2. The van der Waals surface area contributed by atoms with Crippen molar-refractivity contribution in [3.63, 3.8) is 0 Å². The van der Waals surface area contributed by atoms with Crippen LogP contribution in [-0.4, -0.2) is 0 Å². The van der Waals surface area contributed by atoms with Crippen LogP contribution in [0.3, 0.4) is 0 Å². The van der Waals surface area contributed by atoms with E-state index in [1.807, 2.05) is 11.3 Å². The average Bonchev–Trinajstić information content (AvgIpc) is 3.70. The molecule has 0 radical (unpaired) electrons. The Kier molecular flexibility index (Phi) is 7.42. The number of benzene rings is 8. The Morgan fingerprint density at radius 2 is 0.906 bits per heavy atom. The SMILES string of the molecule is CC1(C)c2ccccc2-c2cc(-c3ccc(N(c4ccc(-c5ccc6c(c5)sc5ccccc56)cc4)c4cccc(-c5ccccc5)c4)cc3)ccc21. The lowest BCUT2D eigenvalue weighted by atomic mass is 9.82. The molecule has 1 aliphatic carbocycles. The summed E-state index contributed by atoms with van der Waals surface area (Å²) in [6, 6.07) is 69.0. The molecular formula is C51H37NS. The normalized spacial score (nSPS) is 12.9. The summed E-state index contributed by atoms with van der Waals surface area (Å²) in [6.45, 7) is 4.67. The second-order valence-corrected chi connectivity index (χ2v) is 15.7. The van der Waals surface area contributed by atoms with Crippen molar-refractivity contribution in [2.75, 3.05) is 4.90 Å². The predicted molar refractivity (Wildman–Crippen MR) is 228 cm³/mol. The summed E-state index contributed by atoms with van der Waals surface area (Å²) in [7, 11) is 0. The van der Waals surface area contributed by atoms with E-state index in [-0.39, 0.29) is 5.41 Å². The van der Waals surface area contributed by atoms with Crippen LogP contribution in [0.5, 0.6) is 0 Å². The van der Waals surface area contributed by atoms with Crippen molar-refractivity contribution < 1.29 is 0 Å². The first-order valence-electron chi connectivity index (χ1n) is 18.3. The Balaban J connectivity index is 1.03. The molecule has 53 heavy (non-hydrogen) atoms. The van der Waals surface area contributed by atoms with Gasteiger partial charge in [-0.05, 0) is 110 Å². The van der Waals surface area contributed by atoms with Crippen LogP contribution in [0.1, 0.15) is 25.0 Å². The molecule has 0 bridgehead atoms. The lowest BCUT2D eigenvalue weighted by Gasteiger charge is -2.26. The maximum atomic E-state index is 2.38. The molecule has 0 N–H and O–H groups in total. The topological polar surface area (TPSA) is 3.24 Å². The highest BCUT2D eigenvalue weighted by Gasteiger charge is 2.35. The molecule has 0 saturated heterocycles. The van der Waals surface area contributed by atoms with E-state index in [0.717, 1.165) is 17.1 Å². The molecule has 2 heteroatoms. The second-order valence-electron chi connectivity index (χ2n) is 14.6. The van der Waals surface area contributed by atoms with E-state index < -0.39 is 0 Å². The van der Waals surface area contributed by atoms with E-state index >= 15 is 0 Å². The van der Waals surface area contributed by atoms with E-state index in [9.17, 15) is 0 Å². The zero-order chi connectivity index (χ0) is 35.5. The molecule has 252 valence electrons. The summed E-state index contributed by atoms with van der Waals surface area (Å²) >= 11 is 1.87. The fourth-order valence-electron chi connectivity index (χ4n) is 8.31. The fraction of sp³-hybridized carbons (Fsp3) is 0.0588. The largest absolute Gasteiger partial charge is 0.310 e. The third-order valence-corrected chi connectivity index (χ3v) is 12.2. The van der Waals surface area contributed by atoms with Crippen molar-refractivity contribution in [1.82, 2.24) is 0 Å². The van der Waals surface area contributed by atoms with Gasteiger partial charge in [0.05, 0.1) is 0 Å². The molecule has 1 heterocycles. The first kappa shape index (κ1) is 31.5. The van der Waals surface area contributed by atoms with E-state index in [1.165, 1.54) is 75.8 Å². The number of fused-ring (bicyclic) bond motifs is 6. The van der Waals surface area contributed by atoms with Crippen LogP contribution < -0.4 is 4.90 Å². The average molecular weight is 696 g/mol. The van der Waals surface area contributed by atoms with Crippen molar-refractivity contribution in [1.29, 1.82) is 0 Å². The van der Waals surface area contributed by atoms with E-state index in [1.54, 1.807) is 0 Å². The van der Waals surface area contributed by atoms with Gasteiger partial charge >= 0.3 is 0 Å². The summed E-state index contributed by atoms with van der Waals surface area (Å²) in [5.74, 6) is 0. The Morgan fingerprint density at radius 3 is 1.68 bits per heavy atom. The molecule has 0 saturated carbocycles. The summed E-state index contributed by atoms with van der Waals surface area (Å²) in [5, 5.41) is 2.66. The van der Waals surface area contributed by atoms with Gasteiger partial charge in [0.25, 0.3) is 0 Å². The minimum absolute atomic E-state index is 0.00398. The maximum Gasteiger partial charge on any atom is 0.0467 e.